The van der Waals surface area contributed by atoms with Gasteiger partial charge in [-0.2, -0.15) is 0 Å². The fourth-order valence-corrected chi connectivity index (χ4v) is 8.84. The second kappa shape index (κ2) is 6.13. The Bertz CT molecular complexity index is 1200. The van der Waals surface area contributed by atoms with E-state index in [1.165, 1.54) is 79.8 Å². The van der Waals surface area contributed by atoms with Gasteiger partial charge in [0, 0.05) is 45.6 Å². The van der Waals surface area contributed by atoms with Gasteiger partial charge in [0.1, 0.15) is 5.58 Å². The second-order valence-electron chi connectivity index (χ2n) is 11.4. The molecule has 5 fully saturated rings. The maximum absolute atomic E-state index is 6.59. The molecular weight excluding hydrogens is 380 g/mol. The third kappa shape index (κ3) is 2.26. The maximum atomic E-state index is 6.59. The van der Waals surface area contributed by atoms with E-state index in [0.717, 1.165) is 28.8 Å². The Kier molecular flexibility index (Phi) is 3.69. The van der Waals surface area contributed by atoms with Gasteiger partial charge >= 0.3 is 0 Å². The van der Waals surface area contributed by atoms with Crippen molar-refractivity contribution in [3.05, 3.63) is 41.1 Å². The van der Waals surface area contributed by atoms with Crippen molar-refractivity contribution in [3.63, 3.8) is 0 Å². The number of nitrogens with zero attached hydrogens (tertiary/aromatic N) is 2. The van der Waals surface area contributed by atoms with Crippen molar-refractivity contribution >= 4 is 22.1 Å². The van der Waals surface area contributed by atoms with Crippen LogP contribution in [0.4, 0.5) is 0 Å². The van der Waals surface area contributed by atoms with E-state index in [1.54, 1.807) is 0 Å². The number of aromatic nitrogens is 1. The zero-order chi connectivity index (χ0) is 21.0. The Morgan fingerprint density at radius 1 is 1.00 bits per heavy atom. The van der Waals surface area contributed by atoms with Gasteiger partial charge < -0.3 is 4.42 Å². The Morgan fingerprint density at radius 2 is 1.81 bits per heavy atom. The highest BCUT2D eigenvalue weighted by atomic mass is 16.3. The van der Waals surface area contributed by atoms with Crippen LogP contribution in [0.25, 0.3) is 22.1 Å². The van der Waals surface area contributed by atoms with Crippen LogP contribution < -0.4 is 0 Å². The molecule has 4 bridgehead atoms. The van der Waals surface area contributed by atoms with E-state index in [9.17, 15) is 0 Å². The summed E-state index contributed by atoms with van der Waals surface area (Å²) in [6.07, 6.45) is 11.3. The molecule has 2 aromatic heterocycles. The molecule has 8 rings (SSSR count). The first kappa shape index (κ1) is 18.7. The van der Waals surface area contributed by atoms with Gasteiger partial charge in [-0.05, 0) is 82.4 Å². The number of aryl methyl sites for hydroxylation is 2. The number of pyridine rings is 1. The highest BCUT2D eigenvalue weighted by Crippen LogP contribution is 2.64. The molecule has 3 aromatic rings. The lowest BCUT2D eigenvalue weighted by Crippen LogP contribution is -2.75. The minimum atomic E-state index is 0.223. The Balaban J connectivity index is 1.45. The molecule has 5 heterocycles. The van der Waals surface area contributed by atoms with Gasteiger partial charge in [-0.25, -0.2) is 4.98 Å². The summed E-state index contributed by atoms with van der Waals surface area (Å²) >= 11 is 0. The minimum Gasteiger partial charge on any atom is -0.437 e. The molecule has 0 amide bonds. The molecule has 3 nitrogen and oxygen atoms in total. The van der Waals surface area contributed by atoms with Crippen LogP contribution in [0.1, 0.15) is 75.1 Å². The molecule has 31 heavy (non-hydrogen) atoms. The standard InChI is InChI=1S/C28H34N2O/c1-17-7-9-22-23-10-8-18(2)29-26(23)31-25(22)24(17)27-14-20-13-21(15-27)28(11-5-4-6-12-28)30(16-20)19(27)3/h7-10,19-21H,4-6,11-16H2,1-3H3. The summed E-state index contributed by atoms with van der Waals surface area (Å²) in [7, 11) is 0. The first-order valence-electron chi connectivity index (χ1n) is 12.6. The molecule has 162 valence electrons. The largest absolute Gasteiger partial charge is 0.437 e. The molecule has 1 spiro atoms. The fraction of sp³-hybridized carbons (Fsp3) is 0.607. The number of hydrogen-bond acceptors (Lipinski definition) is 3. The Labute approximate surface area is 185 Å². The predicted molar refractivity (Wildman–Crippen MR) is 125 cm³/mol. The minimum absolute atomic E-state index is 0.223. The summed E-state index contributed by atoms with van der Waals surface area (Å²) in [5, 5.41) is 2.43. The molecule has 5 unspecified atom stereocenters. The third-order valence-corrected chi connectivity index (χ3v) is 10.0. The van der Waals surface area contributed by atoms with Crippen LogP contribution in [-0.4, -0.2) is 28.0 Å². The highest BCUT2D eigenvalue weighted by molar-refractivity contribution is 6.05. The van der Waals surface area contributed by atoms with E-state index in [0.29, 0.717) is 11.6 Å². The van der Waals surface area contributed by atoms with Gasteiger partial charge in [0.2, 0.25) is 5.71 Å². The van der Waals surface area contributed by atoms with Crippen LogP contribution in [0.15, 0.2) is 28.7 Å². The van der Waals surface area contributed by atoms with E-state index in [2.05, 4.69) is 49.9 Å². The van der Waals surface area contributed by atoms with Gasteiger partial charge in [0.05, 0.1) is 0 Å². The summed E-state index contributed by atoms with van der Waals surface area (Å²) in [6.45, 7) is 8.25. The second-order valence-corrected chi connectivity index (χ2v) is 11.4. The van der Waals surface area contributed by atoms with Gasteiger partial charge in [-0.1, -0.05) is 31.4 Å². The van der Waals surface area contributed by atoms with Crippen LogP contribution in [0, 0.1) is 25.7 Å². The van der Waals surface area contributed by atoms with Crippen LogP contribution in [-0.2, 0) is 5.41 Å². The van der Waals surface area contributed by atoms with Gasteiger partial charge in [-0.15, -0.1) is 0 Å². The molecule has 2 aliphatic carbocycles. The maximum Gasteiger partial charge on any atom is 0.227 e. The van der Waals surface area contributed by atoms with Crippen LogP contribution in [0.2, 0.25) is 0 Å². The van der Waals surface area contributed by atoms with E-state index < -0.39 is 0 Å². The lowest BCUT2D eigenvalue weighted by Gasteiger charge is -2.71. The summed E-state index contributed by atoms with van der Waals surface area (Å²) in [5.41, 5.74) is 6.60. The molecular formula is C28H34N2O. The van der Waals surface area contributed by atoms with Crippen molar-refractivity contribution < 1.29 is 4.42 Å². The lowest BCUT2D eigenvalue weighted by atomic mass is 9.46. The Morgan fingerprint density at radius 3 is 2.65 bits per heavy atom. The van der Waals surface area contributed by atoms with E-state index in [-0.39, 0.29) is 5.41 Å². The predicted octanol–water partition coefficient (Wildman–Crippen LogP) is 6.67. The molecule has 5 atom stereocenters. The molecule has 5 aliphatic rings. The zero-order valence-electron chi connectivity index (χ0n) is 19.2. The Hall–Kier alpha value is -1.87. The molecule has 3 saturated heterocycles. The quantitative estimate of drug-likeness (QED) is 0.445. The fourth-order valence-electron chi connectivity index (χ4n) is 8.84. The van der Waals surface area contributed by atoms with Crippen molar-refractivity contribution in [1.82, 2.24) is 9.88 Å². The number of piperidine rings is 3. The van der Waals surface area contributed by atoms with Crippen molar-refractivity contribution in [3.8, 4) is 0 Å². The molecule has 0 N–H and O–H groups in total. The summed E-state index contributed by atoms with van der Waals surface area (Å²) < 4.78 is 6.59. The molecule has 0 radical (unpaired) electrons. The van der Waals surface area contributed by atoms with E-state index in [1.807, 2.05) is 0 Å². The van der Waals surface area contributed by atoms with Crippen molar-refractivity contribution in [2.45, 2.75) is 89.1 Å². The number of hydrogen-bond donors (Lipinski definition) is 0. The molecule has 2 saturated carbocycles. The molecule has 3 heteroatoms. The van der Waals surface area contributed by atoms with E-state index in [4.69, 9.17) is 9.40 Å². The van der Waals surface area contributed by atoms with Crippen molar-refractivity contribution in [2.75, 3.05) is 6.54 Å². The van der Waals surface area contributed by atoms with Gasteiger partial charge in [0.25, 0.3) is 0 Å². The average molecular weight is 415 g/mol. The zero-order valence-corrected chi connectivity index (χ0v) is 19.2. The molecule has 1 aromatic carbocycles. The number of furan rings is 1. The average Bonchev–Trinajstić information content (AvgIpc) is 3.12. The smallest absolute Gasteiger partial charge is 0.227 e. The first-order valence-corrected chi connectivity index (χ1v) is 12.6. The first-order chi connectivity index (χ1) is 15.0. The number of benzene rings is 1. The summed E-state index contributed by atoms with van der Waals surface area (Å²) in [4.78, 5) is 7.76. The monoisotopic (exact) mass is 414 g/mol. The van der Waals surface area contributed by atoms with Gasteiger partial charge in [0.15, 0.2) is 0 Å². The summed E-state index contributed by atoms with van der Waals surface area (Å²) in [5.74, 6) is 1.71. The van der Waals surface area contributed by atoms with Crippen molar-refractivity contribution in [1.29, 1.82) is 0 Å². The SMILES string of the molecule is Cc1ccc2c(n1)oc1c(C34CC5CC(C3)C3(CCCCC3)N(C5)C4C)c(C)ccc12. The van der Waals surface area contributed by atoms with Gasteiger partial charge in [-0.3, -0.25) is 4.90 Å². The van der Waals surface area contributed by atoms with Crippen LogP contribution >= 0.6 is 0 Å². The highest BCUT2D eigenvalue weighted by Gasteiger charge is 2.65. The van der Waals surface area contributed by atoms with E-state index >= 15 is 0 Å². The topological polar surface area (TPSA) is 29.3 Å². The number of rotatable bonds is 1. The third-order valence-electron chi connectivity index (χ3n) is 10.0. The molecule has 3 aliphatic heterocycles. The normalized spacial score (nSPS) is 36.1. The van der Waals surface area contributed by atoms with Crippen LogP contribution in [0.5, 0.6) is 0 Å². The summed E-state index contributed by atoms with van der Waals surface area (Å²) in [6, 6.07) is 9.52. The number of fused-ring (bicyclic) bond motifs is 3. The lowest BCUT2D eigenvalue weighted by molar-refractivity contribution is -0.182. The van der Waals surface area contributed by atoms with Crippen molar-refractivity contribution in [2.24, 2.45) is 11.8 Å². The van der Waals surface area contributed by atoms with Crippen LogP contribution in [0.3, 0.4) is 0 Å².